The molecule has 0 bridgehead atoms. The van der Waals surface area contributed by atoms with Gasteiger partial charge in [-0.05, 0) is 32.6 Å². The van der Waals surface area contributed by atoms with Crippen molar-refractivity contribution >= 4 is 33.9 Å². The monoisotopic (exact) mass is 338 g/mol. The first-order chi connectivity index (χ1) is 10.5. The predicted molar refractivity (Wildman–Crippen MR) is 99.7 cm³/mol. The Morgan fingerprint density at radius 2 is 2.32 bits per heavy atom. The lowest BCUT2D eigenvalue weighted by molar-refractivity contribution is 0.436. The Labute approximate surface area is 142 Å². The van der Waals surface area contributed by atoms with Gasteiger partial charge in [0.05, 0.1) is 11.6 Å². The molecule has 0 fully saturated rings. The van der Waals surface area contributed by atoms with Crippen LogP contribution >= 0.6 is 23.5 Å². The molecule has 0 saturated heterocycles. The first-order valence-electron chi connectivity index (χ1n) is 8.19. The Bertz CT molecular complexity index is 524. The fraction of sp³-hybridized carbons (Fsp3) is 0.750. The molecular formula is C16H26N4S2. The molecule has 0 radical (unpaired) electrons. The van der Waals surface area contributed by atoms with Crippen molar-refractivity contribution in [3.63, 3.8) is 0 Å². The SMILES string of the molecule is CCCCC1N=C(SCC2=CSC3=NC(C)(C)CN23)NC1C. The third-order valence-corrected chi connectivity index (χ3v) is 6.09. The molecule has 3 aliphatic rings. The van der Waals surface area contributed by atoms with E-state index in [0.717, 1.165) is 22.6 Å². The topological polar surface area (TPSA) is 40.0 Å². The summed E-state index contributed by atoms with van der Waals surface area (Å²) in [5, 5.41) is 8.06. The molecule has 0 spiro atoms. The van der Waals surface area contributed by atoms with Crippen LogP contribution in [0.1, 0.15) is 47.0 Å². The molecule has 2 atom stereocenters. The summed E-state index contributed by atoms with van der Waals surface area (Å²) in [6.45, 7) is 9.89. The van der Waals surface area contributed by atoms with Gasteiger partial charge in [-0.1, -0.05) is 43.3 Å². The Morgan fingerprint density at radius 3 is 3.09 bits per heavy atom. The number of thioether (sulfide) groups is 2. The van der Waals surface area contributed by atoms with Crippen LogP contribution in [0.2, 0.25) is 0 Å². The molecule has 22 heavy (non-hydrogen) atoms. The lowest BCUT2D eigenvalue weighted by Crippen LogP contribution is -2.31. The minimum absolute atomic E-state index is 0.0510. The molecule has 3 heterocycles. The second-order valence-electron chi connectivity index (χ2n) is 6.89. The number of nitrogens with one attached hydrogen (secondary N) is 1. The van der Waals surface area contributed by atoms with Crippen molar-refractivity contribution in [3.05, 3.63) is 11.1 Å². The van der Waals surface area contributed by atoms with Crippen LogP contribution in [0.15, 0.2) is 21.1 Å². The van der Waals surface area contributed by atoms with E-state index in [4.69, 9.17) is 9.98 Å². The van der Waals surface area contributed by atoms with E-state index in [-0.39, 0.29) is 5.54 Å². The number of rotatable bonds is 5. The molecule has 6 heteroatoms. The summed E-state index contributed by atoms with van der Waals surface area (Å²) in [7, 11) is 0. The predicted octanol–water partition coefficient (Wildman–Crippen LogP) is 3.66. The van der Waals surface area contributed by atoms with E-state index in [1.54, 1.807) is 11.8 Å². The summed E-state index contributed by atoms with van der Waals surface area (Å²) in [5.41, 5.74) is 1.42. The Hall–Kier alpha value is -0.620. The fourth-order valence-electron chi connectivity index (χ4n) is 2.96. The minimum Gasteiger partial charge on any atom is -0.360 e. The van der Waals surface area contributed by atoms with Gasteiger partial charge in [0, 0.05) is 24.0 Å². The van der Waals surface area contributed by atoms with Gasteiger partial charge in [0.1, 0.15) is 0 Å². The van der Waals surface area contributed by atoms with Gasteiger partial charge in [0.25, 0.3) is 0 Å². The molecule has 122 valence electrons. The second kappa shape index (κ2) is 6.48. The maximum atomic E-state index is 4.87. The van der Waals surface area contributed by atoms with E-state index < -0.39 is 0 Å². The van der Waals surface area contributed by atoms with Crippen LogP contribution in [0.3, 0.4) is 0 Å². The molecule has 3 aliphatic heterocycles. The average Bonchev–Trinajstić information content (AvgIpc) is 3.07. The minimum atomic E-state index is 0.0510. The Balaban J connectivity index is 1.53. The summed E-state index contributed by atoms with van der Waals surface area (Å²) in [6, 6.07) is 0.932. The third kappa shape index (κ3) is 3.48. The van der Waals surface area contributed by atoms with Crippen LogP contribution < -0.4 is 5.32 Å². The van der Waals surface area contributed by atoms with Crippen LogP contribution in [-0.4, -0.2) is 45.2 Å². The molecule has 0 aromatic carbocycles. The first-order valence-corrected chi connectivity index (χ1v) is 10.1. The maximum absolute atomic E-state index is 4.87. The Kier molecular flexibility index (Phi) is 4.78. The second-order valence-corrected chi connectivity index (χ2v) is 8.69. The molecule has 2 unspecified atom stereocenters. The lowest BCUT2D eigenvalue weighted by Gasteiger charge is -2.20. The van der Waals surface area contributed by atoms with E-state index in [1.807, 2.05) is 11.8 Å². The summed E-state index contributed by atoms with van der Waals surface area (Å²) in [6.07, 6.45) is 3.71. The van der Waals surface area contributed by atoms with Crippen LogP contribution in [0, 0.1) is 0 Å². The van der Waals surface area contributed by atoms with E-state index >= 15 is 0 Å². The molecule has 0 aromatic rings. The summed E-state index contributed by atoms with van der Waals surface area (Å²) < 4.78 is 0. The van der Waals surface area contributed by atoms with E-state index in [1.165, 1.54) is 25.0 Å². The number of hydrogen-bond acceptors (Lipinski definition) is 6. The fourth-order valence-corrected chi connectivity index (χ4v) is 5.13. The quantitative estimate of drug-likeness (QED) is 0.830. The molecule has 1 N–H and O–H groups in total. The van der Waals surface area contributed by atoms with Crippen LogP contribution in [0.5, 0.6) is 0 Å². The zero-order chi connectivity index (χ0) is 15.7. The van der Waals surface area contributed by atoms with E-state index in [2.05, 4.69) is 43.3 Å². The van der Waals surface area contributed by atoms with Crippen molar-refractivity contribution in [2.45, 2.75) is 64.6 Å². The highest BCUT2D eigenvalue weighted by Gasteiger charge is 2.36. The molecule has 0 saturated carbocycles. The smallest absolute Gasteiger partial charge is 0.168 e. The van der Waals surface area contributed by atoms with Gasteiger partial charge in [-0.3, -0.25) is 9.98 Å². The highest BCUT2D eigenvalue weighted by molar-refractivity contribution is 8.17. The normalized spacial score (nSPS) is 29.1. The molecule has 3 rings (SSSR count). The standard InChI is InChI=1S/C16H26N4S2/c1-5-6-7-13-11(2)17-14(18-13)21-8-12-9-22-15-19-16(3,4)10-20(12)15/h9,11,13H,5-8,10H2,1-4H3,(H,17,18). The van der Waals surface area contributed by atoms with Gasteiger partial charge < -0.3 is 10.2 Å². The summed E-state index contributed by atoms with van der Waals surface area (Å²) in [5.74, 6) is 0.973. The van der Waals surface area contributed by atoms with Gasteiger partial charge in [-0.15, -0.1) is 0 Å². The highest BCUT2D eigenvalue weighted by Crippen LogP contribution is 2.36. The van der Waals surface area contributed by atoms with Crippen molar-refractivity contribution < 1.29 is 0 Å². The average molecular weight is 339 g/mol. The van der Waals surface area contributed by atoms with E-state index in [9.17, 15) is 0 Å². The van der Waals surface area contributed by atoms with Gasteiger partial charge in [-0.25, -0.2) is 0 Å². The summed E-state index contributed by atoms with van der Waals surface area (Å²) >= 11 is 3.59. The maximum Gasteiger partial charge on any atom is 0.168 e. The number of unbranched alkanes of at least 4 members (excludes halogenated alkanes) is 1. The number of fused-ring (bicyclic) bond motifs is 1. The Morgan fingerprint density at radius 1 is 1.50 bits per heavy atom. The number of aliphatic imine (C=N–C) groups is 2. The van der Waals surface area contributed by atoms with Crippen molar-refractivity contribution in [2.75, 3.05) is 12.3 Å². The zero-order valence-electron chi connectivity index (χ0n) is 13.9. The molecule has 4 nitrogen and oxygen atoms in total. The third-order valence-electron chi connectivity index (χ3n) is 4.24. The van der Waals surface area contributed by atoms with E-state index in [0.29, 0.717) is 12.1 Å². The van der Waals surface area contributed by atoms with Gasteiger partial charge in [-0.2, -0.15) is 0 Å². The zero-order valence-corrected chi connectivity index (χ0v) is 15.6. The number of hydrogen-bond donors (Lipinski definition) is 1. The molecule has 0 aromatic heterocycles. The lowest BCUT2D eigenvalue weighted by atomic mass is 10.1. The summed E-state index contributed by atoms with van der Waals surface area (Å²) in [4.78, 5) is 12.0. The molecular weight excluding hydrogens is 312 g/mol. The number of amidine groups is 2. The van der Waals surface area contributed by atoms with Crippen molar-refractivity contribution in [3.8, 4) is 0 Å². The van der Waals surface area contributed by atoms with Gasteiger partial charge >= 0.3 is 0 Å². The van der Waals surface area contributed by atoms with Crippen LogP contribution in [0.25, 0.3) is 0 Å². The molecule has 0 amide bonds. The highest BCUT2D eigenvalue weighted by atomic mass is 32.2. The van der Waals surface area contributed by atoms with Crippen LogP contribution in [0.4, 0.5) is 0 Å². The van der Waals surface area contributed by atoms with Crippen molar-refractivity contribution in [1.29, 1.82) is 0 Å². The number of nitrogens with zero attached hydrogens (tertiary/aromatic N) is 3. The first kappa shape index (κ1) is 16.2. The van der Waals surface area contributed by atoms with Crippen LogP contribution in [-0.2, 0) is 0 Å². The van der Waals surface area contributed by atoms with Crippen molar-refractivity contribution in [2.24, 2.45) is 9.98 Å². The van der Waals surface area contributed by atoms with Gasteiger partial charge in [0.15, 0.2) is 10.3 Å². The molecule has 0 aliphatic carbocycles. The largest absolute Gasteiger partial charge is 0.360 e. The van der Waals surface area contributed by atoms with Crippen molar-refractivity contribution in [1.82, 2.24) is 10.2 Å². The van der Waals surface area contributed by atoms with Gasteiger partial charge in [0.2, 0.25) is 0 Å².